The summed E-state index contributed by atoms with van der Waals surface area (Å²) in [6, 6.07) is 25.5. The Morgan fingerprint density at radius 3 is 2.53 bits per heavy atom. The molecule has 5 rings (SSSR count). The first kappa shape index (κ1) is 19.2. The molecule has 0 spiro atoms. The molecule has 30 heavy (non-hydrogen) atoms. The van der Waals surface area contributed by atoms with Crippen molar-refractivity contribution in [3.63, 3.8) is 0 Å². The Labute approximate surface area is 190 Å². The van der Waals surface area contributed by atoms with Gasteiger partial charge in [0.25, 0.3) is 0 Å². The molecule has 0 saturated carbocycles. The molecular weight excluding hydrogens is 480 g/mol. The molecule has 0 radical (unpaired) electrons. The quantitative estimate of drug-likeness (QED) is 0.256. The molecule has 0 N–H and O–H groups in total. The first-order valence-corrected chi connectivity index (χ1v) is 11.3. The number of rotatable bonds is 3. The Bertz CT molecular complexity index is 1410. The van der Waals surface area contributed by atoms with Crippen molar-refractivity contribution in [1.29, 1.82) is 0 Å². The SMILES string of the molecule is Clc1ccc(-c2csc(-c3cc4cc(Br)ccc4oc3=Nc3ccccc3)n2)cc1. The second-order valence-electron chi connectivity index (χ2n) is 6.64. The summed E-state index contributed by atoms with van der Waals surface area (Å²) in [5.74, 6) is 0. The van der Waals surface area contributed by atoms with E-state index < -0.39 is 0 Å². The fourth-order valence-corrected chi connectivity index (χ4v) is 4.45. The van der Waals surface area contributed by atoms with E-state index in [1.165, 1.54) is 0 Å². The lowest BCUT2D eigenvalue weighted by molar-refractivity contribution is 0.547. The Hall–Kier alpha value is -2.73. The van der Waals surface area contributed by atoms with Crippen molar-refractivity contribution in [1.82, 2.24) is 4.98 Å². The zero-order valence-corrected chi connectivity index (χ0v) is 18.7. The van der Waals surface area contributed by atoms with Crippen LogP contribution < -0.4 is 5.55 Å². The maximum atomic E-state index is 6.20. The topological polar surface area (TPSA) is 38.4 Å². The van der Waals surface area contributed by atoms with E-state index in [9.17, 15) is 0 Å². The Morgan fingerprint density at radius 2 is 1.73 bits per heavy atom. The van der Waals surface area contributed by atoms with Crippen molar-refractivity contribution in [2.75, 3.05) is 0 Å². The van der Waals surface area contributed by atoms with E-state index in [4.69, 9.17) is 26.0 Å². The molecular formula is C24H14BrClN2OS. The molecule has 3 nitrogen and oxygen atoms in total. The minimum absolute atomic E-state index is 0.535. The summed E-state index contributed by atoms with van der Waals surface area (Å²) in [5, 5.41) is 4.57. The second kappa shape index (κ2) is 8.19. The van der Waals surface area contributed by atoms with Crippen LogP contribution in [0.2, 0.25) is 5.02 Å². The number of benzene rings is 3. The van der Waals surface area contributed by atoms with E-state index in [0.29, 0.717) is 10.6 Å². The molecule has 6 heteroatoms. The third-order valence-corrected chi connectivity index (χ3v) is 6.19. The van der Waals surface area contributed by atoms with Crippen LogP contribution in [-0.2, 0) is 0 Å². The van der Waals surface area contributed by atoms with Gasteiger partial charge in [-0.05, 0) is 48.5 Å². The molecule has 2 heterocycles. The van der Waals surface area contributed by atoms with E-state index in [0.717, 1.165) is 43.0 Å². The zero-order valence-electron chi connectivity index (χ0n) is 15.5. The minimum atomic E-state index is 0.535. The van der Waals surface area contributed by atoms with E-state index in [2.05, 4.69) is 22.0 Å². The number of nitrogens with zero attached hydrogens (tertiary/aromatic N) is 2. The Kier molecular flexibility index (Phi) is 5.25. The van der Waals surface area contributed by atoms with Crippen molar-refractivity contribution in [3.05, 3.63) is 99.3 Å². The monoisotopic (exact) mass is 492 g/mol. The van der Waals surface area contributed by atoms with Gasteiger partial charge in [0.05, 0.1) is 16.9 Å². The fourth-order valence-electron chi connectivity index (χ4n) is 3.11. The van der Waals surface area contributed by atoms with Crippen LogP contribution in [0.4, 0.5) is 5.69 Å². The molecule has 0 amide bonds. The van der Waals surface area contributed by atoms with Crippen LogP contribution in [0.25, 0.3) is 32.8 Å². The van der Waals surface area contributed by atoms with Crippen LogP contribution >= 0.6 is 38.9 Å². The van der Waals surface area contributed by atoms with E-state index in [1.54, 1.807) is 11.3 Å². The number of para-hydroxylation sites is 1. The lowest BCUT2D eigenvalue weighted by Crippen LogP contribution is -2.05. The molecule has 0 unspecified atom stereocenters. The van der Waals surface area contributed by atoms with E-state index in [-0.39, 0.29) is 0 Å². The first-order valence-electron chi connectivity index (χ1n) is 9.21. The molecule has 2 aromatic heterocycles. The average molecular weight is 494 g/mol. The largest absolute Gasteiger partial charge is 0.438 e. The highest BCUT2D eigenvalue weighted by Crippen LogP contribution is 2.30. The molecule has 0 aliphatic rings. The molecule has 0 aliphatic carbocycles. The number of hydrogen-bond acceptors (Lipinski definition) is 4. The summed E-state index contributed by atoms with van der Waals surface area (Å²) in [7, 11) is 0. The molecule has 3 aromatic carbocycles. The van der Waals surface area contributed by atoms with Crippen molar-refractivity contribution < 1.29 is 4.42 Å². The van der Waals surface area contributed by atoms with Gasteiger partial charge in [-0.1, -0.05) is 57.9 Å². The predicted octanol–water partition coefficient (Wildman–Crippen LogP) is 7.87. The number of hydrogen-bond donors (Lipinski definition) is 0. The van der Waals surface area contributed by atoms with Crippen LogP contribution in [0, 0.1) is 0 Å². The molecule has 0 saturated heterocycles. The van der Waals surface area contributed by atoms with Gasteiger partial charge in [-0.15, -0.1) is 11.3 Å². The lowest BCUT2D eigenvalue weighted by atomic mass is 10.1. The smallest absolute Gasteiger partial charge is 0.230 e. The van der Waals surface area contributed by atoms with Crippen molar-refractivity contribution in [3.8, 4) is 21.8 Å². The number of aromatic nitrogens is 1. The maximum Gasteiger partial charge on any atom is 0.230 e. The predicted molar refractivity (Wildman–Crippen MR) is 127 cm³/mol. The van der Waals surface area contributed by atoms with Crippen LogP contribution in [0.5, 0.6) is 0 Å². The minimum Gasteiger partial charge on any atom is -0.438 e. The third kappa shape index (κ3) is 3.97. The van der Waals surface area contributed by atoms with Crippen molar-refractivity contribution >= 4 is 55.5 Å². The van der Waals surface area contributed by atoms with Gasteiger partial charge < -0.3 is 4.42 Å². The first-order chi connectivity index (χ1) is 14.7. The van der Waals surface area contributed by atoms with Gasteiger partial charge in [-0.3, -0.25) is 0 Å². The standard InChI is InChI=1S/C24H14BrClN2OS/c25-17-8-11-22-16(12-17)13-20(23(29-22)27-19-4-2-1-3-5-19)24-28-21(14-30-24)15-6-9-18(26)10-7-15/h1-14H. The second-order valence-corrected chi connectivity index (χ2v) is 8.85. The summed E-state index contributed by atoms with van der Waals surface area (Å²) >= 11 is 11.1. The van der Waals surface area contributed by atoms with Gasteiger partial charge in [-0.2, -0.15) is 0 Å². The Balaban J connectivity index is 1.70. The highest BCUT2D eigenvalue weighted by molar-refractivity contribution is 9.10. The maximum absolute atomic E-state index is 6.20. The molecule has 0 bridgehead atoms. The zero-order chi connectivity index (χ0) is 20.5. The summed E-state index contributed by atoms with van der Waals surface area (Å²) in [6.45, 7) is 0. The molecule has 146 valence electrons. The lowest BCUT2D eigenvalue weighted by Gasteiger charge is -2.03. The van der Waals surface area contributed by atoms with Gasteiger partial charge in [-0.25, -0.2) is 9.98 Å². The molecule has 0 atom stereocenters. The van der Waals surface area contributed by atoms with Gasteiger partial charge in [0.1, 0.15) is 10.6 Å². The van der Waals surface area contributed by atoms with E-state index in [1.807, 2.05) is 78.2 Å². The summed E-state index contributed by atoms with van der Waals surface area (Å²) in [4.78, 5) is 9.61. The van der Waals surface area contributed by atoms with Crippen molar-refractivity contribution in [2.45, 2.75) is 0 Å². The number of halogens is 2. The van der Waals surface area contributed by atoms with Crippen LogP contribution in [-0.4, -0.2) is 4.98 Å². The molecule has 0 aliphatic heterocycles. The van der Waals surface area contributed by atoms with Crippen LogP contribution in [0.1, 0.15) is 0 Å². The average Bonchev–Trinajstić information content (AvgIpc) is 3.25. The van der Waals surface area contributed by atoms with Gasteiger partial charge in [0.2, 0.25) is 5.55 Å². The third-order valence-electron chi connectivity index (χ3n) is 4.57. The molecule has 5 aromatic rings. The van der Waals surface area contributed by atoms with Gasteiger partial charge >= 0.3 is 0 Å². The summed E-state index contributed by atoms with van der Waals surface area (Å²) in [5.41, 5.74) is 4.90. The van der Waals surface area contributed by atoms with Crippen molar-refractivity contribution in [2.24, 2.45) is 4.99 Å². The van der Waals surface area contributed by atoms with Crippen LogP contribution in [0.15, 0.2) is 98.1 Å². The number of fused-ring (bicyclic) bond motifs is 1. The molecule has 0 fully saturated rings. The fraction of sp³-hybridized carbons (Fsp3) is 0. The normalized spacial score (nSPS) is 11.9. The highest BCUT2D eigenvalue weighted by atomic mass is 79.9. The summed E-state index contributed by atoms with van der Waals surface area (Å²) < 4.78 is 7.19. The highest BCUT2D eigenvalue weighted by Gasteiger charge is 2.12. The number of thiazole rings is 1. The van der Waals surface area contributed by atoms with Crippen LogP contribution in [0.3, 0.4) is 0 Å². The van der Waals surface area contributed by atoms with Gasteiger partial charge in [0.15, 0.2) is 0 Å². The van der Waals surface area contributed by atoms with Gasteiger partial charge in [0, 0.05) is 25.8 Å². The van der Waals surface area contributed by atoms with E-state index >= 15 is 0 Å². The Morgan fingerprint density at radius 1 is 0.933 bits per heavy atom. The summed E-state index contributed by atoms with van der Waals surface area (Å²) in [6.07, 6.45) is 0.